The van der Waals surface area contributed by atoms with E-state index in [2.05, 4.69) is 20.9 Å². The molecule has 3 N–H and O–H groups in total. The standard InChI is InChI=1S/C22H30N4O3/c1-4-23-22(25-13-12-17-8-10-19(28-2)11-9-17)26-15-14-24-21(27)18-6-5-7-20(16-18)29-3/h5-11,16H,4,12-15H2,1-3H3,(H,24,27)(H2,23,25,26). The second-order valence-electron chi connectivity index (χ2n) is 6.27. The molecule has 0 fully saturated rings. The van der Waals surface area contributed by atoms with Gasteiger partial charge in [0.1, 0.15) is 11.5 Å². The third kappa shape index (κ3) is 7.73. The van der Waals surface area contributed by atoms with Crippen molar-refractivity contribution >= 4 is 11.9 Å². The fourth-order valence-corrected chi connectivity index (χ4v) is 2.65. The number of nitrogens with zero attached hydrogens (tertiary/aromatic N) is 1. The molecule has 0 unspecified atom stereocenters. The fourth-order valence-electron chi connectivity index (χ4n) is 2.65. The molecule has 7 heteroatoms. The second-order valence-corrected chi connectivity index (χ2v) is 6.27. The number of nitrogens with one attached hydrogen (secondary N) is 3. The van der Waals surface area contributed by atoms with Crippen molar-refractivity contribution in [3.8, 4) is 11.5 Å². The van der Waals surface area contributed by atoms with Crippen LogP contribution in [-0.2, 0) is 6.42 Å². The van der Waals surface area contributed by atoms with E-state index in [0.29, 0.717) is 30.9 Å². The Kier molecular flexibility index (Phi) is 9.35. The number of carbonyl (C=O) groups is 1. The van der Waals surface area contributed by atoms with Gasteiger partial charge in [-0.1, -0.05) is 18.2 Å². The lowest BCUT2D eigenvalue weighted by atomic mass is 10.1. The molecule has 0 saturated heterocycles. The number of methoxy groups -OCH3 is 2. The molecule has 2 aromatic carbocycles. The van der Waals surface area contributed by atoms with Gasteiger partial charge in [-0.15, -0.1) is 0 Å². The van der Waals surface area contributed by atoms with Gasteiger partial charge in [-0.3, -0.25) is 9.79 Å². The molecular weight excluding hydrogens is 368 g/mol. The van der Waals surface area contributed by atoms with Crippen LogP contribution >= 0.6 is 0 Å². The zero-order valence-electron chi connectivity index (χ0n) is 17.3. The third-order valence-corrected chi connectivity index (χ3v) is 4.21. The predicted molar refractivity (Wildman–Crippen MR) is 116 cm³/mol. The summed E-state index contributed by atoms with van der Waals surface area (Å²) in [5, 5.41) is 9.33. The van der Waals surface area contributed by atoms with Crippen molar-refractivity contribution < 1.29 is 14.3 Å². The zero-order valence-corrected chi connectivity index (χ0v) is 17.3. The molecule has 0 heterocycles. The Hall–Kier alpha value is -3.22. The van der Waals surface area contributed by atoms with Gasteiger partial charge in [0, 0.05) is 31.7 Å². The largest absolute Gasteiger partial charge is 0.497 e. The number of ether oxygens (including phenoxy) is 2. The minimum atomic E-state index is -0.132. The molecule has 0 aliphatic heterocycles. The molecule has 0 aromatic heterocycles. The molecule has 0 aliphatic rings. The minimum Gasteiger partial charge on any atom is -0.497 e. The van der Waals surface area contributed by atoms with Crippen molar-refractivity contribution in [1.29, 1.82) is 0 Å². The zero-order chi connectivity index (χ0) is 20.9. The van der Waals surface area contributed by atoms with Gasteiger partial charge >= 0.3 is 0 Å². The number of amides is 1. The molecule has 0 radical (unpaired) electrons. The van der Waals surface area contributed by atoms with Gasteiger partial charge in [0.2, 0.25) is 0 Å². The number of guanidine groups is 1. The molecule has 0 saturated carbocycles. The smallest absolute Gasteiger partial charge is 0.251 e. The highest BCUT2D eigenvalue weighted by Crippen LogP contribution is 2.12. The van der Waals surface area contributed by atoms with Crippen LogP contribution in [0.4, 0.5) is 0 Å². The van der Waals surface area contributed by atoms with Crippen LogP contribution in [0, 0.1) is 0 Å². The van der Waals surface area contributed by atoms with Crippen LogP contribution in [0.1, 0.15) is 22.8 Å². The van der Waals surface area contributed by atoms with Crippen molar-refractivity contribution in [2.75, 3.05) is 40.4 Å². The molecular formula is C22H30N4O3. The second kappa shape index (κ2) is 12.3. The predicted octanol–water partition coefficient (Wildman–Crippen LogP) is 2.23. The van der Waals surface area contributed by atoms with Crippen LogP contribution in [0.25, 0.3) is 0 Å². The van der Waals surface area contributed by atoms with E-state index >= 15 is 0 Å². The molecule has 0 bridgehead atoms. The Balaban J connectivity index is 1.75. The molecule has 156 valence electrons. The average Bonchev–Trinajstić information content (AvgIpc) is 2.77. The molecule has 0 atom stereocenters. The van der Waals surface area contributed by atoms with Crippen LogP contribution in [0.3, 0.4) is 0 Å². The lowest BCUT2D eigenvalue weighted by Gasteiger charge is -2.12. The van der Waals surface area contributed by atoms with E-state index in [1.165, 1.54) is 5.56 Å². The summed E-state index contributed by atoms with van der Waals surface area (Å²) in [5.41, 5.74) is 1.78. The number of aliphatic imine (C=N–C) groups is 1. The molecule has 29 heavy (non-hydrogen) atoms. The Bertz CT molecular complexity index is 791. The molecule has 7 nitrogen and oxygen atoms in total. The van der Waals surface area contributed by atoms with E-state index < -0.39 is 0 Å². The highest BCUT2D eigenvalue weighted by molar-refractivity contribution is 5.94. The lowest BCUT2D eigenvalue weighted by Crippen LogP contribution is -2.41. The van der Waals surface area contributed by atoms with Gasteiger partial charge in [-0.05, 0) is 49.2 Å². The average molecular weight is 399 g/mol. The van der Waals surface area contributed by atoms with E-state index in [1.54, 1.807) is 32.4 Å². The third-order valence-electron chi connectivity index (χ3n) is 4.21. The summed E-state index contributed by atoms with van der Waals surface area (Å²) in [5.74, 6) is 2.11. The van der Waals surface area contributed by atoms with E-state index in [1.807, 2.05) is 37.3 Å². The van der Waals surface area contributed by atoms with Crippen molar-refractivity contribution in [2.45, 2.75) is 13.3 Å². The maximum atomic E-state index is 12.2. The fraction of sp³-hybridized carbons (Fsp3) is 0.364. The Morgan fingerprint density at radius 3 is 2.34 bits per heavy atom. The van der Waals surface area contributed by atoms with Crippen LogP contribution < -0.4 is 25.4 Å². The van der Waals surface area contributed by atoms with Crippen LogP contribution in [-0.4, -0.2) is 52.3 Å². The molecule has 2 rings (SSSR count). The normalized spacial score (nSPS) is 10.9. The van der Waals surface area contributed by atoms with Gasteiger partial charge in [0.25, 0.3) is 5.91 Å². The highest BCUT2D eigenvalue weighted by Gasteiger charge is 2.06. The summed E-state index contributed by atoms with van der Waals surface area (Å²) in [7, 11) is 3.24. The molecule has 0 spiro atoms. The van der Waals surface area contributed by atoms with E-state index in [0.717, 1.165) is 24.7 Å². The summed E-state index contributed by atoms with van der Waals surface area (Å²) in [6.07, 6.45) is 0.840. The molecule has 0 aliphatic carbocycles. The first-order valence-corrected chi connectivity index (χ1v) is 9.73. The summed E-state index contributed by atoms with van der Waals surface area (Å²) >= 11 is 0. The highest BCUT2D eigenvalue weighted by atomic mass is 16.5. The number of benzene rings is 2. The Morgan fingerprint density at radius 1 is 0.931 bits per heavy atom. The lowest BCUT2D eigenvalue weighted by molar-refractivity contribution is 0.0954. The SMILES string of the molecule is CCNC(=NCCc1ccc(OC)cc1)NCCNC(=O)c1cccc(OC)c1. The Morgan fingerprint density at radius 2 is 1.66 bits per heavy atom. The summed E-state index contributed by atoms with van der Waals surface area (Å²) in [6.45, 7) is 4.51. The maximum absolute atomic E-state index is 12.2. The number of rotatable bonds is 10. The van der Waals surface area contributed by atoms with E-state index in [9.17, 15) is 4.79 Å². The first-order chi connectivity index (χ1) is 14.2. The van der Waals surface area contributed by atoms with Crippen molar-refractivity contribution in [1.82, 2.24) is 16.0 Å². The first kappa shape index (κ1) is 22.1. The summed E-state index contributed by atoms with van der Waals surface area (Å²) in [6, 6.07) is 15.1. The van der Waals surface area contributed by atoms with Crippen LogP contribution in [0.15, 0.2) is 53.5 Å². The van der Waals surface area contributed by atoms with Gasteiger partial charge in [-0.2, -0.15) is 0 Å². The van der Waals surface area contributed by atoms with Gasteiger partial charge < -0.3 is 25.4 Å². The van der Waals surface area contributed by atoms with Crippen LogP contribution in [0.2, 0.25) is 0 Å². The number of carbonyl (C=O) groups excluding carboxylic acids is 1. The minimum absolute atomic E-state index is 0.132. The van der Waals surface area contributed by atoms with Crippen LogP contribution in [0.5, 0.6) is 11.5 Å². The molecule has 1 amide bonds. The van der Waals surface area contributed by atoms with Gasteiger partial charge in [0.15, 0.2) is 5.96 Å². The van der Waals surface area contributed by atoms with E-state index in [4.69, 9.17) is 9.47 Å². The van der Waals surface area contributed by atoms with Crippen molar-refractivity contribution in [2.24, 2.45) is 4.99 Å². The maximum Gasteiger partial charge on any atom is 0.251 e. The topological polar surface area (TPSA) is 84.0 Å². The quantitative estimate of drug-likeness (QED) is 0.325. The monoisotopic (exact) mass is 398 g/mol. The van der Waals surface area contributed by atoms with Crippen molar-refractivity contribution in [3.05, 3.63) is 59.7 Å². The first-order valence-electron chi connectivity index (χ1n) is 9.73. The summed E-state index contributed by atoms with van der Waals surface area (Å²) < 4.78 is 10.3. The van der Waals surface area contributed by atoms with Gasteiger partial charge in [0.05, 0.1) is 14.2 Å². The number of hydrogen-bond acceptors (Lipinski definition) is 4. The Labute approximate surface area is 172 Å². The van der Waals surface area contributed by atoms with Gasteiger partial charge in [-0.25, -0.2) is 0 Å². The molecule has 2 aromatic rings. The van der Waals surface area contributed by atoms with E-state index in [-0.39, 0.29) is 5.91 Å². The van der Waals surface area contributed by atoms with Crippen molar-refractivity contribution in [3.63, 3.8) is 0 Å². The number of hydrogen-bond donors (Lipinski definition) is 3. The summed E-state index contributed by atoms with van der Waals surface area (Å²) in [4.78, 5) is 16.8.